The molecule has 0 aliphatic carbocycles. The largest absolute Gasteiger partial charge is 0.322 e. The van der Waals surface area contributed by atoms with E-state index in [4.69, 9.17) is 11.6 Å². The topological polar surface area (TPSA) is 59.8 Å². The van der Waals surface area contributed by atoms with Gasteiger partial charge in [0.2, 0.25) is 0 Å². The van der Waals surface area contributed by atoms with E-state index in [2.05, 4.69) is 15.6 Å². The van der Waals surface area contributed by atoms with E-state index in [1.54, 1.807) is 24.3 Å². The Hall–Kier alpha value is -3.18. The lowest BCUT2D eigenvalue weighted by molar-refractivity contribution is 0.102. The Labute approximate surface area is 161 Å². The van der Waals surface area contributed by atoms with Crippen LogP contribution in [0.1, 0.15) is 21.5 Å². The van der Waals surface area contributed by atoms with E-state index in [1.165, 1.54) is 0 Å². The Morgan fingerprint density at radius 2 is 1.89 bits per heavy atom. The van der Waals surface area contributed by atoms with Gasteiger partial charge in [0.15, 0.2) is 0 Å². The minimum Gasteiger partial charge on any atom is -0.322 e. The molecule has 0 aliphatic heterocycles. The minimum atomic E-state index is -0.195. The molecule has 6 heteroatoms. The molecule has 27 heavy (non-hydrogen) atoms. The summed E-state index contributed by atoms with van der Waals surface area (Å²) in [7, 11) is 0. The van der Waals surface area contributed by atoms with Gasteiger partial charge in [0, 0.05) is 16.3 Å². The second-order valence-corrected chi connectivity index (χ2v) is 6.79. The number of hydrogen-bond donors (Lipinski definition) is 1. The molecule has 134 valence electrons. The smallest absolute Gasteiger partial charge is 0.255 e. The van der Waals surface area contributed by atoms with Gasteiger partial charge in [-0.3, -0.25) is 4.79 Å². The molecule has 5 nitrogen and oxygen atoms in total. The van der Waals surface area contributed by atoms with Gasteiger partial charge in [-0.05, 0) is 54.4 Å². The number of aromatic nitrogens is 3. The number of nitrogens with zero attached hydrogens (tertiary/aromatic N) is 3. The molecule has 4 rings (SSSR count). The van der Waals surface area contributed by atoms with Crippen LogP contribution in [0.15, 0.2) is 66.7 Å². The van der Waals surface area contributed by atoms with E-state index < -0.39 is 0 Å². The van der Waals surface area contributed by atoms with Crippen LogP contribution in [-0.2, 0) is 6.54 Å². The van der Waals surface area contributed by atoms with Crippen molar-refractivity contribution in [1.29, 1.82) is 0 Å². The van der Waals surface area contributed by atoms with E-state index >= 15 is 0 Å². The highest BCUT2D eigenvalue weighted by Crippen LogP contribution is 2.21. The molecule has 0 atom stereocenters. The SMILES string of the molecule is Cc1cc(Cl)ccc1NC(=O)c1ccc2c(c1)nnn2Cc1ccccc1. The van der Waals surface area contributed by atoms with Gasteiger partial charge >= 0.3 is 0 Å². The van der Waals surface area contributed by atoms with Gasteiger partial charge in [0.25, 0.3) is 5.91 Å². The molecule has 0 fully saturated rings. The van der Waals surface area contributed by atoms with Crippen molar-refractivity contribution in [3.8, 4) is 0 Å². The number of nitrogens with one attached hydrogen (secondary N) is 1. The van der Waals surface area contributed by atoms with Gasteiger partial charge in [0.1, 0.15) is 5.52 Å². The van der Waals surface area contributed by atoms with Gasteiger partial charge < -0.3 is 5.32 Å². The highest BCUT2D eigenvalue weighted by molar-refractivity contribution is 6.30. The molecule has 1 aromatic heterocycles. The Morgan fingerprint density at radius 1 is 1.07 bits per heavy atom. The molecular weight excluding hydrogens is 360 g/mol. The summed E-state index contributed by atoms with van der Waals surface area (Å²) < 4.78 is 1.83. The van der Waals surface area contributed by atoms with Crippen LogP contribution in [0.4, 0.5) is 5.69 Å². The highest BCUT2D eigenvalue weighted by atomic mass is 35.5. The molecule has 0 saturated heterocycles. The van der Waals surface area contributed by atoms with Crippen molar-refractivity contribution in [1.82, 2.24) is 15.0 Å². The summed E-state index contributed by atoms with van der Waals surface area (Å²) in [4.78, 5) is 12.6. The van der Waals surface area contributed by atoms with E-state index in [0.717, 1.165) is 22.3 Å². The molecule has 0 saturated carbocycles. The zero-order valence-corrected chi connectivity index (χ0v) is 15.4. The minimum absolute atomic E-state index is 0.195. The third-order valence-corrected chi connectivity index (χ3v) is 4.62. The fraction of sp³-hybridized carbons (Fsp3) is 0.0952. The lowest BCUT2D eigenvalue weighted by Crippen LogP contribution is -2.12. The second-order valence-electron chi connectivity index (χ2n) is 6.35. The first kappa shape index (κ1) is 17.2. The van der Waals surface area contributed by atoms with Crippen LogP contribution in [-0.4, -0.2) is 20.9 Å². The fourth-order valence-electron chi connectivity index (χ4n) is 2.95. The molecular formula is C21H17ClN4O. The van der Waals surface area contributed by atoms with Crippen LogP contribution in [0, 0.1) is 6.92 Å². The summed E-state index contributed by atoms with van der Waals surface area (Å²) in [6.45, 7) is 2.53. The van der Waals surface area contributed by atoms with Gasteiger partial charge in [-0.2, -0.15) is 0 Å². The van der Waals surface area contributed by atoms with Crippen LogP contribution >= 0.6 is 11.6 Å². The molecule has 0 unspecified atom stereocenters. The quantitative estimate of drug-likeness (QED) is 0.562. The van der Waals surface area contributed by atoms with Crippen LogP contribution in [0.3, 0.4) is 0 Å². The number of rotatable bonds is 4. The van der Waals surface area contributed by atoms with Crippen LogP contribution < -0.4 is 5.32 Å². The number of anilines is 1. The predicted octanol–water partition coefficient (Wildman–Crippen LogP) is 4.69. The first-order chi connectivity index (χ1) is 13.1. The van der Waals surface area contributed by atoms with Crippen molar-refractivity contribution >= 4 is 34.2 Å². The highest BCUT2D eigenvalue weighted by Gasteiger charge is 2.12. The zero-order chi connectivity index (χ0) is 18.8. The Balaban J connectivity index is 1.57. The lowest BCUT2D eigenvalue weighted by atomic mass is 10.1. The molecule has 1 N–H and O–H groups in total. The predicted molar refractivity (Wildman–Crippen MR) is 107 cm³/mol. The van der Waals surface area contributed by atoms with E-state index in [1.807, 2.05) is 54.1 Å². The number of hydrogen-bond acceptors (Lipinski definition) is 3. The van der Waals surface area contributed by atoms with Crippen molar-refractivity contribution in [3.63, 3.8) is 0 Å². The normalized spacial score (nSPS) is 10.9. The molecule has 3 aromatic carbocycles. The standard InChI is InChI=1S/C21H17ClN4O/c1-14-11-17(22)8-9-18(14)23-21(27)16-7-10-20-19(12-16)24-25-26(20)13-15-5-3-2-4-6-15/h2-12H,13H2,1H3,(H,23,27). The summed E-state index contributed by atoms with van der Waals surface area (Å²) in [6, 6.07) is 20.8. The third-order valence-electron chi connectivity index (χ3n) is 4.39. The Morgan fingerprint density at radius 3 is 2.67 bits per heavy atom. The number of carbonyl (C=O) groups excluding carboxylic acids is 1. The zero-order valence-electron chi connectivity index (χ0n) is 14.7. The summed E-state index contributed by atoms with van der Waals surface area (Å²) in [6.07, 6.45) is 0. The van der Waals surface area contributed by atoms with Crippen LogP contribution in [0.5, 0.6) is 0 Å². The molecule has 4 aromatic rings. The van der Waals surface area contributed by atoms with Crippen molar-refractivity contribution < 1.29 is 4.79 Å². The summed E-state index contributed by atoms with van der Waals surface area (Å²) >= 11 is 5.97. The average molecular weight is 377 g/mol. The number of halogens is 1. The Kier molecular flexibility index (Phi) is 4.60. The molecule has 0 spiro atoms. The number of amides is 1. The molecule has 1 amide bonds. The summed E-state index contributed by atoms with van der Waals surface area (Å²) in [5, 5.41) is 12.0. The van der Waals surface area contributed by atoms with Crippen molar-refractivity contribution in [2.75, 3.05) is 5.32 Å². The van der Waals surface area contributed by atoms with Gasteiger partial charge in [-0.25, -0.2) is 4.68 Å². The maximum atomic E-state index is 12.6. The van der Waals surface area contributed by atoms with Crippen molar-refractivity contribution in [3.05, 3.63) is 88.4 Å². The number of fused-ring (bicyclic) bond motifs is 1. The number of benzene rings is 3. The third kappa shape index (κ3) is 3.68. The van der Waals surface area contributed by atoms with Crippen molar-refractivity contribution in [2.24, 2.45) is 0 Å². The molecule has 0 bridgehead atoms. The number of aryl methyl sites for hydroxylation is 1. The van der Waals surface area contributed by atoms with Crippen molar-refractivity contribution in [2.45, 2.75) is 13.5 Å². The first-order valence-electron chi connectivity index (χ1n) is 8.55. The summed E-state index contributed by atoms with van der Waals surface area (Å²) in [5.74, 6) is -0.195. The Bertz CT molecular complexity index is 1120. The molecule has 1 heterocycles. The maximum absolute atomic E-state index is 12.6. The molecule has 0 radical (unpaired) electrons. The number of carbonyl (C=O) groups is 1. The van der Waals surface area contributed by atoms with Crippen LogP contribution in [0.2, 0.25) is 5.02 Å². The van der Waals surface area contributed by atoms with E-state index in [0.29, 0.717) is 22.6 Å². The van der Waals surface area contributed by atoms with Gasteiger partial charge in [-0.15, -0.1) is 5.10 Å². The monoisotopic (exact) mass is 376 g/mol. The lowest BCUT2D eigenvalue weighted by Gasteiger charge is -2.09. The fourth-order valence-corrected chi connectivity index (χ4v) is 3.18. The van der Waals surface area contributed by atoms with E-state index in [-0.39, 0.29) is 5.91 Å². The summed E-state index contributed by atoms with van der Waals surface area (Å²) in [5.41, 5.74) is 4.89. The van der Waals surface area contributed by atoms with Gasteiger partial charge in [-0.1, -0.05) is 47.1 Å². The van der Waals surface area contributed by atoms with Crippen LogP contribution in [0.25, 0.3) is 11.0 Å². The maximum Gasteiger partial charge on any atom is 0.255 e. The van der Waals surface area contributed by atoms with E-state index in [9.17, 15) is 4.79 Å². The van der Waals surface area contributed by atoms with Gasteiger partial charge in [0.05, 0.1) is 12.1 Å². The first-order valence-corrected chi connectivity index (χ1v) is 8.92. The second kappa shape index (κ2) is 7.21. The molecule has 0 aliphatic rings. The average Bonchev–Trinajstić information content (AvgIpc) is 3.07.